The van der Waals surface area contributed by atoms with Crippen LogP contribution in [0.4, 0.5) is 0 Å². The van der Waals surface area contributed by atoms with Gasteiger partial charge >= 0.3 is 0 Å². The number of carbonyl (C=O) groups excluding carboxylic acids is 1. The molecule has 0 heterocycles. The smallest absolute Gasteiger partial charge is 0.140 e. The minimum absolute atomic E-state index is 0.0197. The van der Waals surface area contributed by atoms with Gasteiger partial charge in [0.05, 0.1) is 11.7 Å². The topological polar surface area (TPSA) is 26.3 Å². The zero-order chi connectivity index (χ0) is 14.1. The van der Waals surface area contributed by atoms with Gasteiger partial charge in [-0.05, 0) is 26.2 Å². The lowest BCUT2D eigenvalue weighted by Gasteiger charge is -2.37. The van der Waals surface area contributed by atoms with E-state index in [1.54, 1.807) is 0 Å². The molecule has 1 atom stereocenters. The fourth-order valence-corrected chi connectivity index (χ4v) is 1.43. The van der Waals surface area contributed by atoms with Crippen LogP contribution < -0.4 is 0 Å². The Balaban J connectivity index is 4.81. The van der Waals surface area contributed by atoms with E-state index in [0.29, 0.717) is 6.42 Å². The molecule has 0 aliphatic rings. The Hall–Kier alpha value is -0.370. The quantitative estimate of drug-likeness (QED) is 0.740. The molecule has 1 unspecified atom stereocenters. The molecule has 0 radical (unpaired) electrons. The maximum Gasteiger partial charge on any atom is 0.140 e. The van der Waals surface area contributed by atoms with E-state index in [9.17, 15) is 4.79 Å². The van der Waals surface area contributed by atoms with Crippen molar-refractivity contribution in [1.82, 2.24) is 0 Å². The maximum absolute atomic E-state index is 12.1. The molecule has 102 valence electrons. The molecule has 0 saturated heterocycles. The average Bonchev–Trinajstić information content (AvgIpc) is 1.96. The number of ether oxygens (including phenoxy) is 1. The summed E-state index contributed by atoms with van der Waals surface area (Å²) in [5, 5.41) is 0. The Morgan fingerprint density at radius 1 is 0.941 bits per heavy atom. The van der Waals surface area contributed by atoms with Crippen molar-refractivity contribution in [3.63, 3.8) is 0 Å². The molecule has 0 N–H and O–H groups in total. The molecule has 0 rings (SSSR count). The molecule has 0 aromatic carbocycles. The van der Waals surface area contributed by atoms with E-state index in [1.807, 2.05) is 41.5 Å². The van der Waals surface area contributed by atoms with E-state index in [1.165, 1.54) is 0 Å². The zero-order valence-corrected chi connectivity index (χ0v) is 13.1. The first kappa shape index (κ1) is 16.6. The molecular formula is C15H30O2. The summed E-state index contributed by atoms with van der Waals surface area (Å²) in [6.45, 7) is 18.4. The Morgan fingerprint density at radius 3 is 1.59 bits per heavy atom. The van der Waals surface area contributed by atoms with E-state index in [-0.39, 0.29) is 28.3 Å². The second-order valence-corrected chi connectivity index (χ2v) is 7.96. The Labute approximate surface area is 107 Å². The highest BCUT2D eigenvalue weighted by molar-refractivity contribution is 5.84. The summed E-state index contributed by atoms with van der Waals surface area (Å²) >= 11 is 0. The molecule has 0 saturated carbocycles. The molecule has 0 aromatic heterocycles. The number of hydrogen-bond acceptors (Lipinski definition) is 2. The highest BCUT2D eigenvalue weighted by Crippen LogP contribution is 2.31. The van der Waals surface area contributed by atoms with E-state index in [4.69, 9.17) is 4.74 Å². The lowest BCUT2D eigenvalue weighted by atomic mass is 9.80. The molecule has 0 bridgehead atoms. The zero-order valence-electron chi connectivity index (χ0n) is 13.1. The summed E-state index contributed by atoms with van der Waals surface area (Å²) in [5.74, 6) is 0.265. The van der Waals surface area contributed by atoms with Crippen molar-refractivity contribution in [1.29, 1.82) is 0 Å². The summed E-state index contributed by atoms with van der Waals surface area (Å²) in [7, 11) is 0. The second-order valence-electron chi connectivity index (χ2n) is 7.96. The van der Waals surface area contributed by atoms with E-state index >= 15 is 0 Å². The molecule has 2 nitrogen and oxygen atoms in total. The molecule has 0 aliphatic carbocycles. The van der Waals surface area contributed by atoms with Crippen LogP contribution in [0.2, 0.25) is 0 Å². The van der Waals surface area contributed by atoms with Crippen LogP contribution in [0.25, 0.3) is 0 Å². The molecule has 0 aliphatic heterocycles. The van der Waals surface area contributed by atoms with Crippen molar-refractivity contribution in [2.45, 2.75) is 80.4 Å². The molecule has 0 spiro atoms. The largest absolute Gasteiger partial charge is 0.372 e. The van der Waals surface area contributed by atoms with Crippen molar-refractivity contribution in [3.05, 3.63) is 0 Å². The van der Waals surface area contributed by atoms with Crippen LogP contribution in [0.5, 0.6) is 0 Å². The van der Waals surface area contributed by atoms with E-state index in [0.717, 1.165) is 0 Å². The van der Waals surface area contributed by atoms with Crippen molar-refractivity contribution in [3.8, 4) is 0 Å². The van der Waals surface area contributed by atoms with Gasteiger partial charge in [-0.1, -0.05) is 41.5 Å². The van der Waals surface area contributed by atoms with Gasteiger partial charge in [0.2, 0.25) is 0 Å². The normalized spacial score (nSPS) is 15.8. The maximum atomic E-state index is 12.1. The number of rotatable bonds is 3. The third-order valence-corrected chi connectivity index (χ3v) is 2.67. The van der Waals surface area contributed by atoms with Gasteiger partial charge in [0.25, 0.3) is 0 Å². The van der Waals surface area contributed by atoms with Gasteiger partial charge in [0.15, 0.2) is 0 Å². The van der Waals surface area contributed by atoms with Gasteiger partial charge in [-0.15, -0.1) is 0 Å². The summed E-state index contributed by atoms with van der Waals surface area (Å²) in [6, 6.07) is 0. The van der Waals surface area contributed by atoms with Crippen molar-refractivity contribution >= 4 is 5.78 Å². The fraction of sp³-hybridized carbons (Fsp3) is 0.933. The first-order chi connectivity index (χ1) is 7.23. The van der Waals surface area contributed by atoms with Crippen LogP contribution in [0, 0.1) is 10.8 Å². The minimum atomic E-state index is -0.287. The highest BCUT2D eigenvalue weighted by atomic mass is 16.5. The third kappa shape index (κ3) is 6.82. The Morgan fingerprint density at radius 2 is 1.35 bits per heavy atom. The summed E-state index contributed by atoms with van der Waals surface area (Å²) in [5.41, 5.74) is -0.519. The lowest BCUT2D eigenvalue weighted by Crippen LogP contribution is -2.40. The first-order valence-electron chi connectivity index (χ1n) is 6.44. The predicted octanol–water partition coefficient (Wildman–Crippen LogP) is 4.22. The van der Waals surface area contributed by atoms with Gasteiger partial charge in [0.1, 0.15) is 5.78 Å². The number of Topliss-reactive ketones (excluding diaryl/α,β-unsaturated/α-hetero) is 1. The molecule has 0 amide bonds. The fourth-order valence-electron chi connectivity index (χ4n) is 1.43. The SMILES string of the molecule is CC(C)(C)OC(CC(=O)C(C)(C)C)C(C)(C)C. The Bertz CT molecular complexity index is 258. The molecular weight excluding hydrogens is 212 g/mol. The van der Waals surface area contributed by atoms with E-state index in [2.05, 4.69) is 20.8 Å². The van der Waals surface area contributed by atoms with Gasteiger partial charge in [-0.2, -0.15) is 0 Å². The number of hydrogen-bond donors (Lipinski definition) is 0. The van der Waals surface area contributed by atoms with Crippen molar-refractivity contribution < 1.29 is 9.53 Å². The third-order valence-electron chi connectivity index (χ3n) is 2.67. The summed E-state index contributed by atoms with van der Waals surface area (Å²) < 4.78 is 6.05. The van der Waals surface area contributed by atoms with Gasteiger partial charge in [0, 0.05) is 11.8 Å². The van der Waals surface area contributed by atoms with Gasteiger partial charge in [-0.25, -0.2) is 0 Å². The van der Waals surface area contributed by atoms with Crippen LogP contribution in [-0.4, -0.2) is 17.5 Å². The summed E-state index contributed by atoms with van der Waals surface area (Å²) in [4.78, 5) is 12.1. The predicted molar refractivity (Wildman–Crippen MR) is 73.2 cm³/mol. The molecule has 0 aromatic rings. The Kier molecular flexibility index (Phi) is 4.98. The van der Waals surface area contributed by atoms with Crippen LogP contribution in [0.15, 0.2) is 0 Å². The van der Waals surface area contributed by atoms with Gasteiger partial charge < -0.3 is 4.74 Å². The highest BCUT2D eigenvalue weighted by Gasteiger charge is 2.34. The van der Waals surface area contributed by atoms with E-state index < -0.39 is 0 Å². The van der Waals surface area contributed by atoms with Crippen LogP contribution >= 0.6 is 0 Å². The van der Waals surface area contributed by atoms with Crippen molar-refractivity contribution in [2.75, 3.05) is 0 Å². The van der Waals surface area contributed by atoms with Gasteiger partial charge in [-0.3, -0.25) is 4.79 Å². The van der Waals surface area contributed by atoms with Crippen LogP contribution in [0.1, 0.15) is 68.7 Å². The number of carbonyl (C=O) groups is 1. The summed E-state index contributed by atoms with van der Waals surface area (Å²) in [6.07, 6.45) is 0.457. The standard InChI is InChI=1S/C15H30O2/c1-13(2,3)11(16)10-12(14(4,5)6)17-15(7,8)9/h12H,10H2,1-9H3. The second kappa shape index (κ2) is 5.09. The van der Waals surface area contributed by atoms with Crippen LogP contribution in [0.3, 0.4) is 0 Å². The minimum Gasteiger partial charge on any atom is -0.372 e. The molecule has 17 heavy (non-hydrogen) atoms. The average molecular weight is 242 g/mol. The monoisotopic (exact) mass is 242 g/mol. The molecule has 2 heteroatoms. The lowest BCUT2D eigenvalue weighted by molar-refractivity contribution is -0.141. The first-order valence-corrected chi connectivity index (χ1v) is 6.44. The number of ketones is 1. The van der Waals surface area contributed by atoms with Crippen LogP contribution in [-0.2, 0) is 9.53 Å². The van der Waals surface area contributed by atoms with Crippen molar-refractivity contribution in [2.24, 2.45) is 10.8 Å². The molecule has 0 fully saturated rings.